The molecular weight excluding hydrogens is 452 g/mol. The molecule has 0 atom stereocenters. The zero-order valence-electron chi connectivity index (χ0n) is 20.2. The second-order valence-electron chi connectivity index (χ2n) is 8.66. The molecule has 0 spiro atoms. The van der Waals surface area contributed by atoms with Gasteiger partial charge in [-0.05, 0) is 54.1 Å². The first-order valence-corrected chi connectivity index (χ1v) is 11.8. The largest absolute Gasteiger partial charge is 0.505 e. The lowest BCUT2D eigenvalue weighted by molar-refractivity contribution is 0.415. The fraction of sp³-hybridized carbons (Fsp3) is 0.138. The molecule has 0 fully saturated rings. The maximum atomic E-state index is 10.0. The summed E-state index contributed by atoms with van der Waals surface area (Å²) in [6.45, 7) is 4.21. The van der Waals surface area contributed by atoms with Crippen molar-refractivity contribution in [1.82, 2.24) is 19.9 Å². The van der Waals surface area contributed by atoms with Crippen molar-refractivity contribution < 1.29 is 14.3 Å². The van der Waals surface area contributed by atoms with Gasteiger partial charge in [0.2, 0.25) is 0 Å². The average molecular weight is 477 g/mol. The normalized spacial score (nSPS) is 11.4. The molecule has 178 valence electrons. The molecule has 0 aliphatic carbocycles. The van der Waals surface area contributed by atoms with Crippen LogP contribution in [0.2, 0.25) is 0 Å². The molecule has 36 heavy (non-hydrogen) atoms. The van der Waals surface area contributed by atoms with Crippen LogP contribution in [0.25, 0.3) is 56.0 Å². The topological polar surface area (TPSA) is 97.1 Å². The molecule has 0 aliphatic rings. The summed E-state index contributed by atoms with van der Waals surface area (Å²) in [5.41, 5.74) is 7.12. The summed E-state index contributed by atoms with van der Waals surface area (Å²) in [6.07, 6.45) is 3.97. The van der Waals surface area contributed by atoms with Crippen LogP contribution in [0.5, 0.6) is 11.5 Å². The number of methoxy groups -OCH3 is 1. The Morgan fingerprint density at radius 2 is 1.92 bits per heavy atom. The van der Waals surface area contributed by atoms with Crippen LogP contribution in [0, 0.1) is 6.92 Å². The van der Waals surface area contributed by atoms with Gasteiger partial charge >= 0.3 is 0 Å². The van der Waals surface area contributed by atoms with Crippen molar-refractivity contribution in [1.29, 1.82) is 0 Å². The molecule has 0 bridgehead atoms. The third kappa shape index (κ3) is 3.48. The number of hydrogen-bond donors (Lipinski definition) is 2. The minimum atomic E-state index is 0.0491. The first kappa shape index (κ1) is 21.9. The number of rotatable bonds is 5. The smallest absolute Gasteiger partial charge is 0.157 e. The van der Waals surface area contributed by atoms with Gasteiger partial charge < -0.3 is 19.2 Å². The summed E-state index contributed by atoms with van der Waals surface area (Å²) in [5.74, 6) is 1.92. The summed E-state index contributed by atoms with van der Waals surface area (Å²) >= 11 is 0. The van der Waals surface area contributed by atoms with Gasteiger partial charge in [0.05, 0.1) is 23.8 Å². The van der Waals surface area contributed by atoms with Gasteiger partial charge in [0.25, 0.3) is 0 Å². The monoisotopic (exact) mass is 476 g/mol. The standard InChI is InChI=1S/C29H24N4O3/c1-4-17-8-10-20-25(26(17)22-7-5-6-12-30-22)16(2)27(33-28(20)24-13-18(34)15-36-24)29-31-21-11-9-19(35-3)14-23(21)32-29/h5-15,34H,4H2,1-3H3,(H,31,32). The molecule has 6 aromatic rings. The van der Waals surface area contributed by atoms with Gasteiger partial charge in [-0.3, -0.25) is 4.98 Å². The van der Waals surface area contributed by atoms with Crippen LogP contribution in [0.15, 0.2) is 71.5 Å². The fourth-order valence-corrected chi connectivity index (χ4v) is 4.80. The van der Waals surface area contributed by atoms with E-state index in [0.717, 1.165) is 50.8 Å². The Hall–Kier alpha value is -4.65. The highest BCUT2D eigenvalue weighted by molar-refractivity contribution is 6.07. The summed E-state index contributed by atoms with van der Waals surface area (Å²) in [6, 6.07) is 17.4. The van der Waals surface area contributed by atoms with Crippen molar-refractivity contribution in [2.24, 2.45) is 0 Å². The highest BCUT2D eigenvalue weighted by atomic mass is 16.5. The second kappa shape index (κ2) is 8.53. The first-order valence-electron chi connectivity index (χ1n) is 11.8. The number of aromatic hydroxyl groups is 1. The lowest BCUT2D eigenvalue weighted by Crippen LogP contribution is -2.00. The van der Waals surface area contributed by atoms with Gasteiger partial charge in [-0.1, -0.05) is 25.1 Å². The highest BCUT2D eigenvalue weighted by Gasteiger charge is 2.22. The highest BCUT2D eigenvalue weighted by Crippen LogP contribution is 2.41. The summed E-state index contributed by atoms with van der Waals surface area (Å²) in [4.78, 5) is 18.0. The Morgan fingerprint density at radius 1 is 1.03 bits per heavy atom. The number of H-pyrrole nitrogens is 1. The van der Waals surface area contributed by atoms with Crippen LogP contribution in [0.1, 0.15) is 18.1 Å². The Balaban J connectivity index is 1.72. The lowest BCUT2D eigenvalue weighted by Gasteiger charge is -2.17. The third-order valence-electron chi connectivity index (χ3n) is 6.53. The van der Waals surface area contributed by atoms with E-state index >= 15 is 0 Å². The predicted octanol–water partition coefficient (Wildman–Crippen LogP) is 6.69. The van der Waals surface area contributed by atoms with E-state index in [1.807, 2.05) is 42.6 Å². The quantitative estimate of drug-likeness (QED) is 0.288. The number of nitrogens with one attached hydrogen (secondary N) is 1. The van der Waals surface area contributed by atoms with Crippen molar-refractivity contribution >= 4 is 21.8 Å². The number of furan rings is 1. The van der Waals surface area contributed by atoms with Crippen molar-refractivity contribution in [3.05, 3.63) is 78.2 Å². The SMILES string of the molecule is CCc1ccc2c(-c3cc(O)co3)nc(-c3nc4ccc(OC)cc4[nH]3)c(C)c2c1-c1ccccn1. The van der Waals surface area contributed by atoms with E-state index in [0.29, 0.717) is 23.0 Å². The number of imidazole rings is 1. The molecule has 7 heteroatoms. The van der Waals surface area contributed by atoms with E-state index in [2.05, 4.69) is 31.0 Å². The molecule has 0 saturated heterocycles. The zero-order valence-corrected chi connectivity index (χ0v) is 20.2. The number of ether oxygens (including phenoxy) is 1. The Morgan fingerprint density at radius 3 is 2.64 bits per heavy atom. The number of aryl methyl sites for hydroxylation is 2. The van der Waals surface area contributed by atoms with Crippen LogP contribution in [-0.4, -0.2) is 32.2 Å². The molecule has 2 N–H and O–H groups in total. The van der Waals surface area contributed by atoms with Crippen molar-refractivity contribution in [2.75, 3.05) is 7.11 Å². The molecule has 0 saturated carbocycles. The van der Waals surface area contributed by atoms with Gasteiger partial charge in [-0.2, -0.15) is 0 Å². The summed E-state index contributed by atoms with van der Waals surface area (Å²) < 4.78 is 11.1. The molecule has 0 radical (unpaired) electrons. The van der Waals surface area contributed by atoms with Crippen molar-refractivity contribution in [3.8, 4) is 45.7 Å². The number of pyridine rings is 2. The van der Waals surface area contributed by atoms with E-state index in [1.54, 1.807) is 13.2 Å². The van der Waals surface area contributed by atoms with Crippen LogP contribution >= 0.6 is 0 Å². The number of benzene rings is 2. The molecular formula is C29H24N4O3. The molecule has 7 nitrogen and oxygen atoms in total. The Bertz CT molecular complexity index is 1730. The van der Waals surface area contributed by atoms with Gasteiger partial charge in [0.15, 0.2) is 17.3 Å². The second-order valence-corrected chi connectivity index (χ2v) is 8.66. The zero-order chi connectivity index (χ0) is 24.8. The minimum absolute atomic E-state index is 0.0491. The third-order valence-corrected chi connectivity index (χ3v) is 6.53. The summed E-state index contributed by atoms with van der Waals surface area (Å²) in [7, 11) is 1.64. The minimum Gasteiger partial charge on any atom is -0.505 e. The van der Waals surface area contributed by atoms with Crippen LogP contribution < -0.4 is 4.74 Å². The average Bonchev–Trinajstić information content (AvgIpc) is 3.54. The molecule has 2 aromatic carbocycles. The predicted molar refractivity (Wildman–Crippen MR) is 140 cm³/mol. The van der Waals surface area contributed by atoms with Gasteiger partial charge in [0, 0.05) is 29.3 Å². The van der Waals surface area contributed by atoms with Crippen LogP contribution in [0.3, 0.4) is 0 Å². The Kier molecular flexibility index (Phi) is 5.18. The summed E-state index contributed by atoms with van der Waals surface area (Å²) in [5, 5.41) is 12.0. The van der Waals surface area contributed by atoms with E-state index in [1.165, 1.54) is 11.8 Å². The van der Waals surface area contributed by atoms with Crippen LogP contribution in [0.4, 0.5) is 0 Å². The number of hydrogen-bond acceptors (Lipinski definition) is 6. The van der Waals surface area contributed by atoms with Crippen LogP contribution in [-0.2, 0) is 6.42 Å². The number of aromatic nitrogens is 4. The number of fused-ring (bicyclic) bond motifs is 2. The molecule has 6 rings (SSSR count). The molecule has 4 aromatic heterocycles. The molecule has 0 aliphatic heterocycles. The molecule has 0 unspecified atom stereocenters. The van der Waals surface area contributed by atoms with E-state index in [9.17, 15) is 5.11 Å². The van der Waals surface area contributed by atoms with E-state index in [4.69, 9.17) is 24.1 Å². The van der Waals surface area contributed by atoms with Crippen molar-refractivity contribution in [3.63, 3.8) is 0 Å². The van der Waals surface area contributed by atoms with Gasteiger partial charge in [0.1, 0.15) is 23.4 Å². The number of nitrogens with zero attached hydrogens (tertiary/aromatic N) is 3. The first-order chi connectivity index (χ1) is 17.6. The maximum absolute atomic E-state index is 10.0. The van der Waals surface area contributed by atoms with Gasteiger partial charge in [-0.15, -0.1) is 0 Å². The lowest BCUT2D eigenvalue weighted by atomic mass is 9.90. The fourth-order valence-electron chi connectivity index (χ4n) is 4.80. The maximum Gasteiger partial charge on any atom is 0.157 e. The molecule has 4 heterocycles. The van der Waals surface area contributed by atoms with Gasteiger partial charge in [-0.25, -0.2) is 9.97 Å². The van der Waals surface area contributed by atoms with E-state index < -0.39 is 0 Å². The number of aromatic amines is 1. The van der Waals surface area contributed by atoms with Crippen molar-refractivity contribution in [2.45, 2.75) is 20.3 Å². The molecule has 0 amide bonds. The Labute approximate surface area is 207 Å². The van der Waals surface area contributed by atoms with E-state index in [-0.39, 0.29) is 5.75 Å².